The van der Waals surface area contributed by atoms with Crippen molar-refractivity contribution in [3.63, 3.8) is 0 Å². The molecule has 26 heavy (non-hydrogen) atoms. The summed E-state index contributed by atoms with van der Waals surface area (Å²) in [6.07, 6.45) is 4.98. The Kier molecular flexibility index (Phi) is 7.51. The fraction of sp³-hybridized carbons (Fsp3) is 0.429. The zero-order valence-electron chi connectivity index (χ0n) is 15.8. The second kappa shape index (κ2) is 9.62. The smallest absolute Gasteiger partial charge is 0.185 e. The molecule has 0 bridgehead atoms. The van der Waals surface area contributed by atoms with Crippen LogP contribution in [0.4, 0.5) is 0 Å². The van der Waals surface area contributed by atoms with Crippen molar-refractivity contribution in [3.05, 3.63) is 65.3 Å². The molecule has 0 amide bonds. The van der Waals surface area contributed by atoms with Crippen LogP contribution in [0.25, 0.3) is 0 Å². The number of hydrogen-bond acceptors (Lipinski definition) is 4. The summed E-state index contributed by atoms with van der Waals surface area (Å²) in [5.74, 6) is 1.45. The summed E-state index contributed by atoms with van der Waals surface area (Å²) in [6.45, 7) is 6.32. The van der Waals surface area contributed by atoms with E-state index in [1.807, 2.05) is 45.0 Å². The molecule has 0 saturated carbocycles. The highest BCUT2D eigenvalue weighted by Gasteiger charge is 2.20. The van der Waals surface area contributed by atoms with Crippen LogP contribution in [0.5, 0.6) is 0 Å². The topological polar surface area (TPSA) is 56.5 Å². The molecule has 2 aromatic rings. The van der Waals surface area contributed by atoms with E-state index in [0.29, 0.717) is 17.3 Å². The number of sulfone groups is 1. The van der Waals surface area contributed by atoms with E-state index >= 15 is 0 Å². The van der Waals surface area contributed by atoms with Crippen molar-refractivity contribution in [2.45, 2.75) is 51.3 Å². The minimum Gasteiger partial charge on any atom is -0.497 e. The molecular formula is C21H28O4S. The van der Waals surface area contributed by atoms with Gasteiger partial charge in [-0.2, -0.15) is 0 Å². The van der Waals surface area contributed by atoms with Crippen LogP contribution in [0.15, 0.2) is 63.3 Å². The standard InChI is InChI=1S/C21H28O4S/c1-4-18(8-6-9-19-10-7-15-25-19)21(24-5-2)16-26(22,23)20-13-11-17(3)12-14-20/h7,10-15H,4-6,8-9,16H2,1-3H3/b21-18+. The third kappa shape index (κ3) is 5.77. The molecule has 5 heteroatoms. The Labute approximate surface area is 156 Å². The van der Waals surface area contributed by atoms with Gasteiger partial charge >= 0.3 is 0 Å². The summed E-state index contributed by atoms with van der Waals surface area (Å²) in [7, 11) is -3.42. The second-order valence-corrected chi connectivity index (χ2v) is 8.31. The van der Waals surface area contributed by atoms with Crippen LogP contribution in [-0.4, -0.2) is 20.8 Å². The van der Waals surface area contributed by atoms with Crippen molar-refractivity contribution >= 4 is 9.84 Å². The fourth-order valence-corrected chi connectivity index (χ4v) is 4.22. The van der Waals surface area contributed by atoms with Gasteiger partial charge in [0.2, 0.25) is 0 Å². The largest absolute Gasteiger partial charge is 0.497 e. The molecule has 2 rings (SSSR count). The highest BCUT2D eigenvalue weighted by molar-refractivity contribution is 7.91. The predicted molar refractivity (Wildman–Crippen MR) is 104 cm³/mol. The first-order chi connectivity index (χ1) is 12.5. The number of furan rings is 1. The van der Waals surface area contributed by atoms with Gasteiger partial charge in [-0.3, -0.25) is 0 Å². The normalized spacial score (nSPS) is 12.7. The first kappa shape index (κ1) is 20.3. The van der Waals surface area contributed by atoms with E-state index in [1.165, 1.54) is 0 Å². The number of hydrogen-bond donors (Lipinski definition) is 0. The predicted octanol–water partition coefficient (Wildman–Crippen LogP) is 5.09. The molecule has 0 aliphatic rings. The molecular weight excluding hydrogens is 348 g/mol. The van der Waals surface area contributed by atoms with Gasteiger partial charge in [-0.1, -0.05) is 24.6 Å². The Morgan fingerprint density at radius 3 is 2.42 bits per heavy atom. The average Bonchev–Trinajstić information content (AvgIpc) is 3.12. The Balaban J connectivity index is 2.14. The minimum absolute atomic E-state index is 0.0895. The summed E-state index contributed by atoms with van der Waals surface area (Å²) in [4.78, 5) is 0.339. The van der Waals surface area contributed by atoms with Crippen LogP contribution < -0.4 is 0 Å². The zero-order chi connectivity index (χ0) is 19.0. The van der Waals surface area contributed by atoms with Crippen LogP contribution in [0.2, 0.25) is 0 Å². The van der Waals surface area contributed by atoms with Crippen LogP contribution in [0, 0.1) is 6.92 Å². The van der Waals surface area contributed by atoms with Gasteiger partial charge < -0.3 is 9.15 Å². The van der Waals surface area contributed by atoms with E-state index in [0.717, 1.165) is 42.6 Å². The SMILES string of the molecule is CCO/C(CS(=O)(=O)c1ccc(C)cc1)=C(\CC)CCCc1ccco1. The minimum atomic E-state index is -3.42. The summed E-state index contributed by atoms with van der Waals surface area (Å²) in [5, 5.41) is 0. The second-order valence-electron chi connectivity index (χ2n) is 6.32. The number of ether oxygens (including phenoxy) is 1. The van der Waals surface area contributed by atoms with Crippen LogP contribution in [0.3, 0.4) is 0 Å². The Morgan fingerprint density at radius 2 is 1.85 bits per heavy atom. The molecule has 0 N–H and O–H groups in total. The number of aryl methyl sites for hydroxylation is 2. The van der Waals surface area contributed by atoms with E-state index < -0.39 is 9.84 Å². The molecule has 0 aliphatic heterocycles. The molecule has 0 spiro atoms. The maximum Gasteiger partial charge on any atom is 0.185 e. The van der Waals surface area contributed by atoms with E-state index in [1.54, 1.807) is 18.4 Å². The maximum absolute atomic E-state index is 12.8. The van der Waals surface area contributed by atoms with Crippen LogP contribution in [0.1, 0.15) is 44.4 Å². The highest BCUT2D eigenvalue weighted by Crippen LogP contribution is 2.23. The van der Waals surface area contributed by atoms with Crippen molar-refractivity contribution < 1.29 is 17.6 Å². The van der Waals surface area contributed by atoms with E-state index in [-0.39, 0.29) is 5.75 Å². The summed E-state index contributed by atoms with van der Waals surface area (Å²) >= 11 is 0. The van der Waals surface area contributed by atoms with Crippen LogP contribution in [-0.2, 0) is 21.0 Å². The van der Waals surface area contributed by atoms with Gasteiger partial charge in [0.25, 0.3) is 0 Å². The van der Waals surface area contributed by atoms with Gasteiger partial charge in [0.1, 0.15) is 17.3 Å². The fourth-order valence-electron chi connectivity index (χ4n) is 2.87. The van der Waals surface area contributed by atoms with Gasteiger partial charge in [-0.25, -0.2) is 8.42 Å². The zero-order valence-corrected chi connectivity index (χ0v) is 16.6. The number of benzene rings is 1. The molecule has 1 aromatic heterocycles. The van der Waals surface area contributed by atoms with Gasteiger partial charge in [-0.15, -0.1) is 0 Å². The lowest BCUT2D eigenvalue weighted by atomic mass is 10.0. The third-order valence-corrected chi connectivity index (χ3v) is 5.96. The van der Waals surface area contributed by atoms with E-state index in [4.69, 9.17) is 9.15 Å². The van der Waals surface area contributed by atoms with Crippen molar-refractivity contribution in [1.82, 2.24) is 0 Å². The Hall–Kier alpha value is -2.01. The molecule has 0 aliphatic carbocycles. The van der Waals surface area contributed by atoms with E-state index in [9.17, 15) is 8.42 Å². The summed E-state index contributed by atoms with van der Waals surface area (Å²) < 4.78 is 36.7. The van der Waals surface area contributed by atoms with Gasteiger partial charge in [-0.05, 0) is 62.9 Å². The maximum atomic E-state index is 12.8. The van der Waals surface area contributed by atoms with Crippen molar-refractivity contribution in [1.29, 1.82) is 0 Å². The van der Waals surface area contributed by atoms with Gasteiger partial charge in [0.05, 0.1) is 17.8 Å². The molecule has 142 valence electrons. The number of allylic oxidation sites excluding steroid dienone is 1. The van der Waals surface area contributed by atoms with Gasteiger partial charge in [0, 0.05) is 6.42 Å². The molecule has 1 heterocycles. The molecule has 1 aromatic carbocycles. The molecule has 0 fully saturated rings. The van der Waals surface area contributed by atoms with Crippen molar-refractivity contribution in [3.8, 4) is 0 Å². The quantitative estimate of drug-likeness (QED) is 0.542. The Bertz CT molecular complexity index is 800. The lowest BCUT2D eigenvalue weighted by Gasteiger charge is -2.15. The Morgan fingerprint density at radius 1 is 1.12 bits per heavy atom. The molecule has 0 unspecified atom stereocenters. The summed E-state index contributed by atoms with van der Waals surface area (Å²) in [5.41, 5.74) is 2.10. The van der Waals surface area contributed by atoms with Crippen molar-refractivity contribution in [2.75, 3.05) is 12.4 Å². The van der Waals surface area contributed by atoms with E-state index in [2.05, 4.69) is 0 Å². The first-order valence-corrected chi connectivity index (χ1v) is 10.8. The van der Waals surface area contributed by atoms with Crippen LogP contribution >= 0.6 is 0 Å². The molecule has 0 atom stereocenters. The highest BCUT2D eigenvalue weighted by atomic mass is 32.2. The lowest BCUT2D eigenvalue weighted by molar-refractivity contribution is 0.226. The van der Waals surface area contributed by atoms with Gasteiger partial charge in [0.15, 0.2) is 9.84 Å². The average molecular weight is 377 g/mol. The third-order valence-electron chi connectivity index (χ3n) is 4.32. The van der Waals surface area contributed by atoms with Crippen molar-refractivity contribution in [2.24, 2.45) is 0 Å². The monoisotopic (exact) mass is 376 g/mol. The lowest BCUT2D eigenvalue weighted by Crippen LogP contribution is -2.13. The molecule has 0 saturated heterocycles. The summed E-state index contributed by atoms with van der Waals surface area (Å²) in [6, 6.07) is 10.8. The molecule has 4 nitrogen and oxygen atoms in total. The molecule has 0 radical (unpaired) electrons. The first-order valence-electron chi connectivity index (χ1n) is 9.11. The number of rotatable bonds is 10.